The number of rotatable bonds is 3. The maximum Gasteiger partial charge on any atom is 0.491 e. The quantitative estimate of drug-likeness (QED) is 0.869. The van der Waals surface area contributed by atoms with E-state index in [2.05, 4.69) is 11.1 Å². The van der Waals surface area contributed by atoms with Gasteiger partial charge in [0.1, 0.15) is 0 Å². The molecule has 0 aliphatic carbocycles. The molecule has 2 N–H and O–H groups in total. The van der Waals surface area contributed by atoms with Gasteiger partial charge in [-0.15, -0.1) is 0 Å². The summed E-state index contributed by atoms with van der Waals surface area (Å²) in [6.07, 6.45) is 2.03. The van der Waals surface area contributed by atoms with Crippen LogP contribution in [0, 0.1) is 13.8 Å². The molecule has 1 fully saturated rings. The van der Waals surface area contributed by atoms with Crippen LogP contribution in [0.15, 0.2) is 17.6 Å². The number of aromatic nitrogens is 1. The first-order valence-corrected chi connectivity index (χ1v) is 7.37. The highest BCUT2D eigenvalue weighted by atomic mass is 16.7. The predicted molar refractivity (Wildman–Crippen MR) is 86.8 cm³/mol. The normalized spacial score (nSPS) is 20.9. The smallest absolute Gasteiger partial charge is 0.400 e. The van der Waals surface area contributed by atoms with Gasteiger partial charge in [-0.25, -0.2) is 0 Å². The van der Waals surface area contributed by atoms with Gasteiger partial charge in [-0.2, -0.15) is 0 Å². The second-order valence-corrected chi connectivity index (χ2v) is 6.64. The van der Waals surface area contributed by atoms with Crippen molar-refractivity contribution in [3.05, 3.63) is 34.6 Å². The summed E-state index contributed by atoms with van der Waals surface area (Å²) < 4.78 is 12.1. The molecule has 2 rings (SSSR count). The molecule has 0 aromatic carbocycles. The van der Waals surface area contributed by atoms with Crippen molar-refractivity contribution in [1.82, 2.24) is 4.98 Å². The molecule has 0 atom stereocenters. The van der Waals surface area contributed by atoms with Crippen molar-refractivity contribution in [2.75, 3.05) is 6.54 Å². The van der Waals surface area contributed by atoms with E-state index in [-0.39, 0.29) is 11.2 Å². The SMILES string of the molecule is Cc1ccc(C=C(CN)B2OC(C)(C)C(C)(C)O2)c(C)n1. The van der Waals surface area contributed by atoms with Crippen molar-refractivity contribution >= 4 is 13.2 Å². The van der Waals surface area contributed by atoms with Crippen LogP contribution >= 0.6 is 0 Å². The van der Waals surface area contributed by atoms with Gasteiger partial charge in [0.15, 0.2) is 0 Å². The third kappa shape index (κ3) is 3.20. The fourth-order valence-electron chi connectivity index (χ4n) is 2.27. The minimum atomic E-state index is -0.402. The van der Waals surface area contributed by atoms with Crippen molar-refractivity contribution in [3.63, 3.8) is 0 Å². The third-order valence-corrected chi connectivity index (χ3v) is 4.40. The first-order chi connectivity index (χ1) is 9.66. The lowest BCUT2D eigenvalue weighted by atomic mass is 9.77. The molecule has 0 amide bonds. The second kappa shape index (κ2) is 5.56. The molecule has 1 aromatic rings. The predicted octanol–water partition coefficient (Wildman–Crippen LogP) is 2.67. The number of nitrogens with zero attached hydrogens (tertiary/aromatic N) is 1. The topological polar surface area (TPSA) is 57.4 Å². The molecule has 0 bridgehead atoms. The van der Waals surface area contributed by atoms with Crippen LogP contribution in [0.5, 0.6) is 0 Å². The minimum absolute atomic E-state index is 0.355. The number of aryl methyl sites for hydroxylation is 2. The number of hydrogen-bond acceptors (Lipinski definition) is 4. The Balaban J connectivity index is 2.31. The number of pyridine rings is 1. The molecule has 5 heteroatoms. The minimum Gasteiger partial charge on any atom is -0.400 e. The van der Waals surface area contributed by atoms with Gasteiger partial charge in [0.05, 0.1) is 11.2 Å². The first kappa shape index (κ1) is 16.2. The molecule has 4 nitrogen and oxygen atoms in total. The molecule has 0 saturated carbocycles. The zero-order valence-electron chi connectivity index (χ0n) is 13.9. The van der Waals surface area contributed by atoms with E-state index in [1.165, 1.54) is 0 Å². The van der Waals surface area contributed by atoms with Crippen molar-refractivity contribution in [2.45, 2.75) is 52.7 Å². The van der Waals surface area contributed by atoms with Crippen LogP contribution in [0.1, 0.15) is 44.6 Å². The summed E-state index contributed by atoms with van der Waals surface area (Å²) in [6.45, 7) is 12.5. The number of hydrogen-bond donors (Lipinski definition) is 1. The van der Waals surface area contributed by atoms with Crippen LogP contribution < -0.4 is 5.73 Å². The molecule has 114 valence electrons. The van der Waals surface area contributed by atoms with Gasteiger partial charge in [-0.1, -0.05) is 12.1 Å². The van der Waals surface area contributed by atoms with Crippen molar-refractivity contribution in [1.29, 1.82) is 0 Å². The lowest BCUT2D eigenvalue weighted by molar-refractivity contribution is 0.00578. The van der Waals surface area contributed by atoms with Crippen molar-refractivity contribution in [3.8, 4) is 0 Å². The molecular formula is C16H25BN2O2. The van der Waals surface area contributed by atoms with Gasteiger partial charge in [-0.05, 0) is 58.6 Å². The van der Waals surface area contributed by atoms with E-state index in [9.17, 15) is 0 Å². The molecule has 1 aliphatic heterocycles. The summed E-state index contributed by atoms with van der Waals surface area (Å²) in [6, 6.07) is 4.05. The van der Waals surface area contributed by atoms with Gasteiger partial charge in [0.25, 0.3) is 0 Å². The van der Waals surface area contributed by atoms with E-state index < -0.39 is 7.12 Å². The Hall–Kier alpha value is -1.17. The molecule has 1 saturated heterocycles. The van der Waals surface area contributed by atoms with E-state index in [1.54, 1.807) is 0 Å². The van der Waals surface area contributed by atoms with Crippen LogP contribution in [0.3, 0.4) is 0 Å². The highest BCUT2D eigenvalue weighted by molar-refractivity contribution is 6.55. The maximum absolute atomic E-state index is 6.06. The van der Waals surface area contributed by atoms with Gasteiger partial charge in [0.2, 0.25) is 0 Å². The summed E-state index contributed by atoms with van der Waals surface area (Å²) in [4.78, 5) is 4.48. The maximum atomic E-state index is 6.06. The third-order valence-electron chi connectivity index (χ3n) is 4.40. The summed E-state index contributed by atoms with van der Waals surface area (Å²) in [5.74, 6) is 0. The van der Waals surface area contributed by atoms with Crippen LogP contribution in [-0.4, -0.2) is 29.8 Å². The van der Waals surface area contributed by atoms with E-state index in [4.69, 9.17) is 15.0 Å². The molecule has 2 heterocycles. The average molecular weight is 288 g/mol. The van der Waals surface area contributed by atoms with Gasteiger partial charge in [0, 0.05) is 17.9 Å². The zero-order chi connectivity index (χ0) is 15.8. The molecule has 0 spiro atoms. The Bertz CT molecular complexity index is 551. The van der Waals surface area contributed by atoms with E-state index in [0.29, 0.717) is 6.54 Å². The summed E-state index contributed by atoms with van der Waals surface area (Å²) >= 11 is 0. The van der Waals surface area contributed by atoms with E-state index in [1.807, 2.05) is 53.7 Å². The number of nitrogens with two attached hydrogens (primary N) is 1. The van der Waals surface area contributed by atoms with Crippen LogP contribution in [0.2, 0.25) is 0 Å². The fraction of sp³-hybridized carbons (Fsp3) is 0.562. The standard InChI is InChI=1S/C16H25BN2O2/c1-11-7-8-13(12(2)19-11)9-14(10-18)17-20-15(3,4)16(5,6)21-17/h7-9H,10,18H2,1-6H3. The lowest BCUT2D eigenvalue weighted by Crippen LogP contribution is -2.41. The molecule has 0 radical (unpaired) electrons. The largest absolute Gasteiger partial charge is 0.491 e. The van der Waals surface area contributed by atoms with Gasteiger partial charge >= 0.3 is 7.12 Å². The Labute approximate surface area is 127 Å². The van der Waals surface area contributed by atoms with E-state index in [0.717, 1.165) is 22.4 Å². The summed E-state index contributed by atoms with van der Waals surface area (Å²) in [7, 11) is -0.402. The summed E-state index contributed by atoms with van der Waals surface area (Å²) in [5.41, 5.74) is 9.18. The van der Waals surface area contributed by atoms with Crippen LogP contribution in [-0.2, 0) is 9.31 Å². The highest BCUT2D eigenvalue weighted by Gasteiger charge is 2.52. The van der Waals surface area contributed by atoms with E-state index >= 15 is 0 Å². The van der Waals surface area contributed by atoms with Crippen molar-refractivity contribution < 1.29 is 9.31 Å². The monoisotopic (exact) mass is 288 g/mol. The Morgan fingerprint density at radius 2 is 1.76 bits per heavy atom. The highest BCUT2D eigenvalue weighted by Crippen LogP contribution is 2.38. The Kier molecular flexibility index (Phi) is 4.29. The Morgan fingerprint density at radius 1 is 1.19 bits per heavy atom. The zero-order valence-corrected chi connectivity index (χ0v) is 13.9. The molecule has 1 aromatic heterocycles. The molecule has 21 heavy (non-hydrogen) atoms. The summed E-state index contributed by atoms with van der Waals surface area (Å²) in [5, 5.41) is 0. The molecular weight excluding hydrogens is 263 g/mol. The molecule has 1 aliphatic rings. The Morgan fingerprint density at radius 3 is 2.24 bits per heavy atom. The molecule has 0 unspecified atom stereocenters. The van der Waals surface area contributed by atoms with Crippen LogP contribution in [0.25, 0.3) is 6.08 Å². The average Bonchev–Trinajstić information content (AvgIpc) is 2.57. The van der Waals surface area contributed by atoms with Crippen LogP contribution in [0.4, 0.5) is 0 Å². The lowest BCUT2D eigenvalue weighted by Gasteiger charge is -2.32. The second-order valence-electron chi connectivity index (χ2n) is 6.64. The fourth-order valence-corrected chi connectivity index (χ4v) is 2.27. The van der Waals surface area contributed by atoms with Gasteiger partial charge < -0.3 is 15.0 Å². The van der Waals surface area contributed by atoms with Crippen molar-refractivity contribution in [2.24, 2.45) is 5.73 Å². The first-order valence-electron chi connectivity index (χ1n) is 7.37. The van der Waals surface area contributed by atoms with Gasteiger partial charge in [-0.3, -0.25) is 4.98 Å².